The molecular weight excluding hydrogens is 424 g/mol. The predicted octanol–water partition coefficient (Wildman–Crippen LogP) is 4.69. The summed E-state index contributed by atoms with van der Waals surface area (Å²) in [5, 5.41) is 16.8. The van der Waals surface area contributed by atoms with E-state index in [4.69, 9.17) is 21.5 Å². The molecule has 0 fully saturated rings. The number of aromatic carboxylic acids is 1. The molecule has 1 aromatic heterocycles. The van der Waals surface area contributed by atoms with Crippen molar-refractivity contribution in [2.24, 2.45) is 0 Å². The van der Waals surface area contributed by atoms with Crippen LogP contribution in [0.1, 0.15) is 52.0 Å². The van der Waals surface area contributed by atoms with Crippen molar-refractivity contribution >= 4 is 45.2 Å². The molecule has 0 aliphatic rings. The summed E-state index contributed by atoms with van der Waals surface area (Å²) in [6.45, 7) is 9.08. The third kappa shape index (κ3) is 5.80. The van der Waals surface area contributed by atoms with Crippen LogP contribution in [0.25, 0.3) is 0 Å². The number of hydrogen-bond donors (Lipinski definition) is 2. The van der Waals surface area contributed by atoms with Crippen LogP contribution in [0, 0.1) is 13.8 Å². The average Bonchev–Trinajstić information content (AvgIpc) is 2.95. The van der Waals surface area contributed by atoms with E-state index >= 15 is 0 Å². The Bertz CT molecular complexity index is 985. The standard InChI is InChI=1S/C18H21ClO4S2.CH2O2/c1-10-7-14(11(2)6-13(10)19)25(22,23)9-12-8-15(18(3,4)5)24-16(12)17(20)21;2-1-3/h6-8H,9H2,1-5H3,(H,20,21);1H,(H,2,3). The first-order valence-electron chi connectivity index (χ1n) is 8.18. The second-order valence-corrected chi connectivity index (χ2v) is 10.7. The third-order valence-electron chi connectivity index (χ3n) is 3.88. The number of benzene rings is 1. The molecular formula is C19H23ClO6S2. The molecule has 0 aliphatic carbocycles. The molecule has 2 rings (SSSR count). The van der Waals surface area contributed by atoms with Crippen LogP contribution < -0.4 is 0 Å². The minimum Gasteiger partial charge on any atom is -0.483 e. The summed E-state index contributed by atoms with van der Waals surface area (Å²) in [5.74, 6) is -1.45. The van der Waals surface area contributed by atoms with Crippen molar-refractivity contribution in [3.63, 3.8) is 0 Å². The van der Waals surface area contributed by atoms with Gasteiger partial charge in [-0.3, -0.25) is 4.79 Å². The second-order valence-electron chi connectivity index (χ2n) is 7.25. The van der Waals surface area contributed by atoms with Gasteiger partial charge in [0.1, 0.15) is 4.88 Å². The predicted molar refractivity (Wildman–Crippen MR) is 110 cm³/mol. The number of carboxylic acids is 1. The molecule has 0 saturated carbocycles. The lowest BCUT2D eigenvalue weighted by molar-refractivity contribution is -0.122. The minimum absolute atomic E-state index is 0.0804. The van der Waals surface area contributed by atoms with E-state index in [1.165, 1.54) is 0 Å². The summed E-state index contributed by atoms with van der Waals surface area (Å²) in [7, 11) is -3.69. The van der Waals surface area contributed by atoms with Crippen LogP contribution in [0.4, 0.5) is 0 Å². The Balaban J connectivity index is 0.00000122. The Kier molecular flexibility index (Phi) is 7.82. The lowest BCUT2D eigenvalue weighted by Gasteiger charge is -2.15. The molecule has 1 heterocycles. The summed E-state index contributed by atoms with van der Waals surface area (Å²) in [4.78, 5) is 21.0. The largest absolute Gasteiger partial charge is 0.483 e. The van der Waals surface area contributed by atoms with E-state index in [1.54, 1.807) is 32.0 Å². The van der Waals surface area contributed by atoms with Crippen LogP contribution in [0.15, 0.2) is 23.1 Å². The van der Waals surface area contributed by atoms with Gasteiger partial charge >= 0.3 is 5.97 Å². The number of hydrogen-bond acceptors (Lipinski definition) is 5. The summed E-state index contributed by atoms with van der Waals surface area (Å²) in [5.41, 5.74) is 1.31. The van der Waals surface area contributed by atoms with Gasteiger partial charge in [-0.05, 0) is 54.2 Å². The second kappa shape index (κ2) is 9.07. The zero-order valence-corrected chi connectivity index (χ0v) is 18.6. The third-order valence-corrected chi connectivity index (χ3v) is 7.68. The molecule has 0 saturated heterocycles. The maximum Gasteiger partial charge on any atom is 0.346 e. The molecule has 2 N–H and O–H groups in total. The molecule has 0 amide bonds. The van der Waals surface area contributed by atoms with Crippen molar-refractivity contribution < 1.29 is 28.2 Å². The van der Waals surface area contributed by atoms with E-state index in [9.17, 15) is 18.3 Å². The highest BCUT2D eigenvalue weighted by Gasteiger charge is 2.27. The summed E-state index contributed by atoms with van der Waals surface area (Å²) >= 11 is 7.18. The lowest BCUT2D eigenvalue weighted by Crippen LogP contribution is -2.10. The van der Waals surface area contributed by atoms with Crippen molar-refractivity contribution in [3.8, 4) is 0 Å². The number of sulfone groups is 1. The average molecular weight is 447 g/mol. The quantitative estimate of drug-likeness (QED) is 0.659. The summed E-state index contributed by atoms with van der Waals surface area (Å²) in [6, 6.07) is 4.87. The van der Waals surface area contributed by atoms with Gasteiger partial charge in [0.2, 0.25) is 0 Å². The van der Waals surface area contributed by atoms with Crippen molar-refractivity contribution in [2.45, 2.75) is 50.7 Å². The van der Waals surface area contributed by atoms with E-state index in [-0.39, 0.29) is 27.4 Å². The molecule has 0 bridgehead atoms. The molecule has 9 heteroatoms. The highest BCUT2D eigenvalue weighted by atomic mass is 35.5. The van der Waals surface area contributed by atoms with E-state index in [0.29, 0.717) is 21.7 Å². The first kappa shape index (κ1) is 24.1. The van der Waals surface area contributed by atoms with Gasteiger partial charge in [-0.1, -0.05) is 32.4 Å². The number of carboxylic acid groups (broad SMARTS) is 2. The molecule has 2 aromatic rings. The minimum atomic E-state index is -3.69. The lowest BCUT2D eigenvalue weighted by atomic mass is 9.94. The highest BCUT2D eigenvalue weighted by Crippen LogP contribution is 2.35. The fraction of sp³-hybridized carbons (Fsp3) is 0.368. The first-order chi connectivity index (χ1) is 12.7. The van der Waals surface area contributed by atoms with Gasteiger partial charge in [0.05, 0.1) is 10.6 Å². The number of carbonyl (C=O) groups is 2. The molecule has 154 valence electrons. The Hall–Kier alpha value is -1.90. The molecule has 0 radical (unpaired) electrons. The van der Waals surface area contributed by atoms with Crippen molar-refractivity contribution in [3.05, 3.63) is 49.7 Å². The maximum atomic E-state index is 12.9. The molecule has 0 aliphatic heterocycles. The van der Waals surface area contributed by atoms with Crippen LogP contribution in [-0.2, 0) is 25.8 Å². The first-order valence-corrected chi connectivity index (χ1v) is 11.0. The molecule has 0 atom stereocenters. The topological polar surface area (TPSA) is 109 Å². The van der Waals surface area contributed by atoms with Crippen LogP contribution >= 0.6 is 22.9 Å². The van der Waals surface area contributed by atoms with E-state index in [1.807, 2.05) is 20.8 Å². The molecule has 6 nitrogen and oxygen atoms in total. The molecule has 0 unspecified atom stereocenters. The maximum absolute atomic E-state index is 12.9. The highest BCUT2D eigenvalue weighted by molar-refractivity contribution is 7.90. The van der Waals surface area contributed by atoms with Gasteiger partial charge in [0.25, 0.3) is 6.47 Å². The van der Waals surface area contributed by atoms with Crippen molar-refractivity contribution in [2.75, 3.05) is 0 Å². The SMILES string of the molecule is Cc1cc(S(=O)(=O)Cc2cc(C(C)(C)C)sc2C(=O)O)c(C)cc1Cl.O=CO. The van der Waals surface area contributed by atoms with Gasteiger partial charge in [-0.2, -0.15) is 0 Å². The number of halogens is 1. The number of rotatable bonds is 4. The molecule has 28 heavy (non-hydrogen) atoms. The van der Waals surface area contributed by atoms with Crippen LogP contribution in [-0.4, -0.2) is 31.1 Å². The van der Waals surface area contributed by atoms with E-state index < -0.39 is 15.8 Å². The fourth-order valence-electron chi connectivity index (χ4n) is 2.46. The summed E-state index contributed by atoms with van der Waals surface area (Å²) in [6.07, 6.45) is 0. The fourth-order valence-corrected chi connectivity index (χ4v) is 5.54. The Morgan fingerprint density at radius 3 is 2.18 bits per heavy atom. The molecule has 0 spiro atoms. The zero-order chi connectivity index (χ0) is 21.9. The van der Waals surface area contributed by atoms with Crippen molar-refractivity contribution in [1.82, 2.24) is 0 Å². The van der Waals surface area contributed by atoms with Crippen LogP contribution in [0.5, 0.6) is 0 Å². The van der Waals surface area contributed by atoms with Gasteiger partial charge in [-0.15, -0.1) is 11.3 Å². The zero-order valence-electron chi connectivity index (χ0n) is 16.2. The number of thiophene rings is 1. The molecule has 1 aromatic carbocycles. The van der Waals surface area contributed by atoms with Gasteiger partial charge < -0.3 is 10.2 Å². The summed E-state index contributed by atoms with van der Waals surface area (Å²) < 4.78 is 25.8. The Labute approximate surface area is 173 Å². The van der Waals surface area contributed by atoms with E-state index in [0.717, 1.165) is 16.2 Å². The van der Waals surface area contributed by atoms with Crippen LogP contribution in [0.3, 0.4) is 0 Å². The van der Waals surface area contributed by atoms with Crippen LogP contribution in [0.2, 0.25) is 5.02 Å². The van der Waals surface area contributed by atoms with Gasteiger partial charge in [-0.25, -0.2) is 13.2 Å². The Morgan fingerprint density at radius 2 is 1.71 bits per heavy atom. The number of aryl methyl sites for hydroxylation is 2. The normalized spacial score (nSPS) is 11.5. The Morgan fingerprint density at radius 1 is 1.18 bits per heavy atom. The van der Waals surface area contributed by atoms with E-state index in [2.05, 4.69) is 0 Å². The van der Waals surface area contributed by atoms with Gasteiger partial charge in [0.15, 0.2) is 9.84 Å². The smallest absolute Gasteiger partial charge is 0.346 e. The van der Waals surface area contributed by atoms with Gasteiger partial charge in [0, 0.05) is 9.90 Å². The van der Waals surface area contributed by atoms with Crippen molar-refractivity contribution in [1.29, 1.82) is 0 Å². The monoisotopic (exact) mass is 446 g/mol.